The van der Waals surface area contributed by atoms with E-state index in [1.165, 1.54) is 21.1 Å². The molecule has 2 aromatic rings. The van der Waals surface area contributed by atoms with Crippen LogP contribution in [0, 0.1) is 0 Å². The van der Waals surface area contributed by atoms with Crippen LogP contribution in [0.3, 0.4) is 0 Å². The fraction of sp³-hybridized carbons (Fsp3) is 0.222. The van der Waals surface area contributed by atoms with Gasteiger partial charge in [0.05, 0.1) is 12.7 Å². The van der Waals surface area contributed by atoms with Gasteiger partial charge in [0.25, 0.3) is 0 Å². The molecule has 0 aliphatic rings. The van der Waals surface area contributed by atoms with Crippen LogP contribution in [0.2, 0.25) is 0 Å². The molecule has 0 radical (unpaired) electrons. The Labute approximate surface area is 129 Å². The lowest BCUT2D eigenvalue weighted by Crippen LogP contribution is -2.06. The first kappa shape index (κ1) is 15.9. The highest BCUT2D eigenvalue weighted by Crippen LogP contribution is 2.31. The number of ether oxygens (including phenoxy) is 2. The molecule has 0 atom stereocenters. The summed E-state index contributed by atoms with van der Waals surface area (Å²) in [5.74, 6) is 0.406. The zero-order valence-corrected chi connectivity index (χ0v) is 12.9. The van der Waals surface area contributed by atoms with E-state index in [1.807, 2.05) is 24.3 Å². The van der Waals surface area contributed by atoms with Gasteiger partial charge < -0.3 is 9.47 Å². The molecule has 0 spiro atoms. The van der Waals surface area contributed by atoms with Crippen molar-refractivity contribution in [2.75, 3.05) is 20.8 Å². The fourth-order valence-electron chi connectivity index (χ4n) is 2.36. The van der Waals surface area contributed by atoms with Gasteiger partial charge in [-0.2, -0.15) is 0 Å². The molecule has 0 aliphatic carbocycles. The zero-order chi connectivity index (χ0) is 16.1. The quantitative estimate of drug-likeness (QED) is 0.767. The number of ketones is 2. The Hall–Kier alpha value is -2.46. The van der Waals surface area contributed by atoms with Gasteiger partial charge in [0.2, 0.25) is 0 Å². The third kappa shape index (κ3) is 3.23. The summed E-state index contributed by atoms with van der Waals surface area (Å²) in [5.41, 5.74) is 2.77. The molecule has 4 nitrogen and oxygen atoms in total. The van der Waals surface area contributed by atoms with Crippen LogP contribution in [-0.4, -0.2) is 32.4 Å². The van der Waals surface area contributed by atoms with Gasteiger partial charge in [0, 0.05) is 12.7 Å². The summed E-state index contributed by atoms with van der Waals surface area (Å²) < 4.78 is 10.1. The summed E-state index contributed by atoms with van der Waals surface area (Å²) in [4.78, 5) is 23.7. The highest BCUT2D eigenvalue weighted by molar-refractivity contribution is 6.04. The Balaban J connectivity index is 2.44. The summed E-state index contributed by atoms with van der Waals surface area (Å²) in [6, 6.07) is 12.6. The van der Waals surface area contributed by atoms with Crippen LogP contribution in [0.1, 0.15) is 27.6 Å². The smallest absolute Gasteiger partial charge is 0.188 e. The summed E-state index contributed by atoms with van der Waals surface area (Å²) in [6.45, 7) is 1.56. The van der Waals surface area contributed by atoms with Gasteiger partial charge >= 0.3 is 0 Å². The van der Waals surface area contributed by atoms with Crippen molar-refractivity contribution in [2.24, 2.45) is 0 Å². The second-order valence-corrected chi connectivity index (χ2v) is 4.87. The van der Waals surface area contributed by atoms with Crippen LogP contribution in [0.5, 0.6) is 5.75 Å². The van der Waals surface area contributed by atoms with E-state index in [-0.39, 0.29) is 18.2 Å². The predicted molar refractivity (Wildman–Crippen MR) is 84.6 cm³/mol. The van der Waals surface area contributed by atoms with Gasteiger partial charge in [-0.1, -0.05) is 36.4 Å². The van der Waals surface area contributed by atoms with E-state index < -0.39 is 0 Å². The Morgan fingerprint density at radius 2 is 1.68 bits per heavy atom. The third-order valence-corrected chi connectivity index (χ3v) is 3.39. The minimum atomic E-state index is -0.0773. The number of benzene rings is 2. The number of carbonyl (C=O) groups excluding carboxylic acids is 2. The SMILES string of the molecule is COCC(=O)c1ccc(-c2cccc(OC)c2C(C)=O)cc1. The van der Waals surface area contributed by atoms with Crippen molar-refractivity contribution in [3.63, 3.8) is 0 Å². The first-order valence-electron chi connectivity index (χ1n) is 6.89. The van der Waals surface area contributed by atoms with E-state index in [0.29, 0.717) is 16.9 Å². The average molecular weight is 298 g/mol. The van der Waals surface area contributed by atoms with Crippen LogP contribution in [0.25, 0.3) is 11.1 Å². The van der Waals surface area contributed by atoms with Gasteiger partial charge in [0.15, 0.2) is 11.6 Å². The fourth-order valence-corrected chi connectivity index (χ4v) is 2.36. The Kier molecular flexibility index (Phi) is 5.07. The normalized spacial score (nSPS) is 10.3. The maximum Gasteiger partial charge on any atom is 0.188 e. The Morgan fingerprint density at radius 1 is 1.00 bits per heavy atom. The molecule has 0 aliphatic heterocycles. The second kappa shape index (κ2) is 7.00. The van der Waals surface area contributed by atoms with E-state index in [2.05, 4.69) is 0 Å². The minimum absolute atomic E-state index is 0.0528. The van der Waals surface area contributed by atoms with Crippen molar-refractivity contribution in [3.05, 3.63) is 53.6 Å². The molecule has 22 heavy (non-hydrogen) atoms. The van der Waals surface area contributed by atoms with Gasteiger partial charge in [-0.15, -0.1) is 0 Å². The van der Waals surface area contributed by atoms with Gasteiger partial charge in [-0.3, -0.25) is 9.59 Å². The Morgan fingerprint density at radius 3 is 2.23 bits per heavy atom. The molecule has 0 amide bonds. The van der Waals surface area contributed by atoms with E-state index in [1.54, 1.807) is 18.2 Å². The first-order chi connectivity index (χ1) is 10.6. The molecule has 2 aromatic carbocycles. The number of hydrogen-bond donors (Lipinski definition) is 0. The largest absolute Gasteiger partial charge is 0.496 e. The topological polar surface area (TPSA) is 52.6 Å². The molecule has 0 fully saturated rings. The summed E-state index contributed by atoms with van der Waals surface area (Å²) in [7, 11) is 3.03. The molecular weight excluding hydrogens is 280 g/mol. The molecule has 0 saturated heterocycles. The molecule has 0 aromatic heterocycles. The predicted octanol–water partition coefficient (Wildman–Crippen LogP) is 3.39. The maximum absolute atomic E-state index is 11.9. The van der Waals surface area contributed by atoms with Crippen LogP contribution >= 0.6 is 0 Å². The number of rotatable bonds is 6. The number of Topliss-reactive ketones (excluding diaryl/α,β-unsaturated/α-hetero) is 2. The van der Waals surface area contributed by atoms with Gasteiger partial charge in [-0.05, 0) is 24.1 Å². The standard InChI is InChI=1S/C18H18O4/c1-12(19)18-15(5-4-6-17(18)22-3)13-7-9-14(10-8-13)16(20)11-21-2/h4-10H,11H2,1-3H3. The summed E-state index contributed by atoms with van der Waals surface area (Å²) in [5, 5.41) is 0. The molecule has 0 unspecified atom stereocenters. The first-order valence-corrected chi connectivity index (χ1v) is 6.89. The maximum atomic E-state index is 11.9. The second-order valence-electron chi connectivity index (χ2n) is 4.87. The Bertz CT molecular complexity index is 687. The molecular formula is C18H18O4. The number of hydrogen-bond acceptors (Lipinski definition) is 4. The molecule has 0 heterocycles. The molecule has 2 rings (SSSR count). The van der Waals surface area contributed by atoms with Crippen LogP contribution in [0.15, 0.2) is 42.5 Å². The number of methoxy groups -OCH3 is 2. The average Bonchev–Trinajstić information content (AvgIpc) is 2.54. The van der Waals surface area contributed by atoms with Crippen LogP contribution < -0.4 is 4.74 Å². The lowest BCUT2D eigenvalue weighted by atomic mass is 9.95. The van der Waals surface area contributed by atoms with E-state index in [0.717, 1.165) is 11.1 Å². The monoisotopic (exact) mass is 298 g/mol. The minimum Gasteiger partial charge on any atom is -0.496 e. The highest BCUT2D eigenvalue weighted by Gasteiger charge is 2.15. The van der Waals surface area contributed by atoms with Crippen molar-refractivity contribution in [1.29, 1.82) is 0 Å². The molecule has 0 saturated carbocycles. The lowest BCUT2D eigenvalue weighted by Gasteiger charge is -2.12. The van der Waals surface area contributed by atoms with E-state index in [9.17, 15) is 9.59 Å². The van der Waals surface area contributed by atoms with Crippen molar-refractivity contribution in [1.82, 2.24) is 0 Å². The van der Waals surface area contributed by atoms with E-state index >= 15 is 0 Å². The number of carbonyl (C=O) groups is 2. The molecule has 4 heteroatoms. The van der Waals surface area contributed by atoms with Crippen LogP contribution in [-0.2, 0) is 4.74 Å². The van der Waals surface area contributed by atoms with Crippen LogP contribution in [0.4, 0.5) is 0 Å². The van der Waals surface area contributed by atoms with Gasteiger partial charge in [-0.25, -0.2) is 0 Å². The van der Waals surface area contributed by atoms with Gasteiger partial charge in [0.1, 0.15) is 12.4 Å². The highest BCUT2D eigenvalue weighted by atomic mass is 16.5. The van der Waals surface area contributed by atoms with Crippen molar-refractivity contribution in [2.45, 2.75) is 6.92 Å². The lowest BCUT2D eigenvalue weighted by molar-refractivity contribution is 0.0847. The summed E-state index contributed by atoms with van der Waals surface area (Å²) in [6.07, 6.45) is 0. The van der Waals surface area contributed by atoms with Crippen molar-refractivity contribution >= 4 is 11.6 Å². The van der Waals surface area contributed by atoms with E-state index in [4.69, 9.17) is 9.47 Å². The third-order valence-electron chi connectivity index (χ3n) is 3.39. The molecule has 0 N–H and O–H groups in total. The molecule has 0 bridgehead atoms. The van der Waals surface area contributed by atoms with Crippen molar-refractivity contribution < 1.29 is 19.1 Å². The summed E-state index contributed by atoms with van der Waals surface area (Å²) >= 11 is 0. The molecule has 114 valence electrons. The van der Waals surface area contributed by atoms with Crippen molar-refractivity contribution in [3.8, 4) is 16.9 Å². The zero-order valence-electron chi connectivity index (χ0n) is 12.9.